The van der Waals surface area contributed by atoms with E-state index >= 15 is 0 Å². The highest BCUT2D eigenvalue weighted by atomic mass is 19.1. The first-order valence-corrected chi connectivity index (χ1v) is 9.28. The number of aromatic nitrogens is 2. The fourth-order valence-corrected chi connectivity index (χ4v) is 3.72. The SMILES string of the molecule is Cc1[nH]c2ccc(F)cc2c1CC[C@H]1NC(=O)[C@@H](Cc2ccccn2)NC1=O. The summed E-state index contributed by atoms with van der Waals surface area (Å²) in [6, 6.07) is 8.86. The molecule has 2 amide bonds. The first-order valence-electron chi connectivity index (χ1n) is 9.28. The zero-order chi connectivity index (χ0) is 19.7. The van der Waals surface area contributed by atoms with E-state index in [1.165, 1.54) is 12.1 Å². The first-order chi connectivity index (χ1) is 13.5. The average molecular weight is 380 g/mol. The summed E-state index contributed by atoms with van der Waals surface area (Å²) in [5, 5.41) is 6.42. The summed E-state index contributed by atoms with van der Waals surface area (Å²) in [6.45, 7) is 1.93. The van der Waals surface area contributed by atoms with Gasteiger partial charge in [-0.3, -0.25) is 14.6 Å². The van der Waals surface area contributed by atoms with Gasteiger partial charge < -0.3 is 15.6 Å². The van der Waals surface area contributed by atoms with Gasteiger partial charge in [0.1, 0.15) is 17.9 Å². The van der Waals surface area contributed by atoms with Gasteiger partial charge in [0.2, 0.25) is 11.8 Å². The summed E-state index contributed by atoms with van der Waals surface area (Å²) in [6.07, 6.45) is 3.01. The minimum Gasteiger partial charge on any atom is -0.358 e. The van der Waals surface area contributed by atoms with E-state index in [0.29, 0.717) is 19.3 Å². The molecule has 0 unspecified atom stereocenters. The van der Waals surface area contributed by atoms with Crippen molar-refractivity contribution in [2.75, 3.05) is 0 Å². The fourth-order valence-electron chi connectivity index (χ4n) is 3.72. The molecule has 6 nitrogen and oxygen atoms in total. The van der Waals surface area contributed by atoms with Gasteiger partial charge in [0.25, 0.3) is 0 Å². The number of rotatable bonds is 5. The van der Waals surface area contributed by atoms with Gasteiger partial charge in [-0.1, -0.05) is 6.07 Å². The molecule has 144 valence electrons. The molecule has 3 aromatic rings. The number of pyridine rings is 1. The number of piperazine rings is 1. The highest BCUT2D eigenvalue weighted by Gasteiger charge is 2.33. The number of carbonyl (C=O) groups is 2. The first kappa shape index (κ1) is 18.2. The molecule has 3 heterocycles. The van der Waals surface area contributed by atoms with Gasteiger partial charge in [0.15, 0.2) is 0 Å². The summed E-state index contributed by atoms with van der Waals surface area (Å²) in [5.74, 6) is -0.713. The topological polar surface area (TPSA) is 86.9 Å². The molecule has 1 aliphatic rings. The molecule has 1 aromatic carbocycles. The van der Waals surface area contributed by atoms with Gasteiger partial charge in [0, 0.05) is 34.9 Å². The molecule has 4 rings (SSSR count). The van der Waals surface area contributed by atoms with Crippen molar-refractivity contribution in [2.45, 2.75) is 38.3 Å². The van der Waals surface area contributed by atoms with Crippen LogP contribution in [0.25, 0.3) is 10.9 Å². The van der Waals surface area contributed by atoms with Crippen molar-refractivity contribution in [1.82, 2.24) is 20.6 Å². The minimum atomic E-state index is -0.623. The number of benzene rings is 1. The van der Waals surface area contributed by atoms with E-state index < -0.39 is 12.1 Å². The Labute approximate surface area is 161 Å². The molecule has 3 N–H and O–H groups in total. The van der Waals surface area contributed by atoms with E-state index in [2.05, 4.69) is 20.6 Å². The summed E-state index contributed by atoms with van der Waals surface area (Å²) in [5.41, 5.74) is 3.52. The number of hydrogen-bond acceptors (Lipinski definition) is 3. The predicted molar refractivity (Wildman–Crippen MR) is 103 cm³/mol. The van der Waals surface area contributed by atoms with Crippen molar-refractivity contribution >= 4 is 22.7 Å². The van der Waals surface area contributed by atoms with Gasteiger partial charge in [0.05, 0.1) is 0 Å². The number of H-pyrrole nitrogens is 1. The third kappa shape index (κ3) is 3.60. The maximum atomic E-state index is 13.6. The van der Waals surface area contributed by atoms with Crippen LogP contribution in [0.1, 0.15) is 23.4 Å². The van der Waals surface area contributed by atoms with Crippen LogP contribution in [0.3, 0.4) is 0 Å². The van der Waals surface area contributed by atoms with Crippen LogP contribution in [-0.2, 0) is 22.4 Å². The Morgan fingerprint density at radius 1 is 1.07 bits per heavy atom. The number of hydrogen-bond donors (Lipinski definition) is 3. The standard InChI is InChI=1S/C21H21FN4O2/c1-12-15(16-10-13(22)5-7-17(16)24-12)6-8-18-20(27)26-19(21(28)25-18)11-14-4-2-3-9-23-14/h2-5,7,9-10,18-19,24H,6,8,11H2,1H3,(H,25,28)(H,26,27)/t18-,19-/m1/s1. The van der Waals surface area contributed by atoms with Crippen LogP contribution in [0.2, 0.25) is 0 Å². The Morgan fingerprint density at radius 2 is 1.86 bits per heavy atom. The average Bonchev–Trinajstić information content (AvgIpc) is 2.98. The van der Waals surface area contributed by atoms with Crippen LogP contribution in [0.4, 0.5) is 4.39 Å². The van der Waals surface area contributed by atoms with Crippen LogP contribution in [-0.4, -0.2) is 33.9 Å². The molecule has 0 bridgehead atoms. The van der Waals surface area contributed by atoms with Crippen LogP contribution < -0.4 is 10.6 Å². The number of fused-ring (bicyclic) bond motifs is 1. The monoisotopic (exact) mass is 380 g/mol. The number of aromatic amines is 1. The smallest absolute Gasteiger partial charge is 0.243 e. The second-order valence-electron chi connectivity index (χ2n) is 7.10. The summed E-state index contributed by atoms with van der Waals surface area (Å²) in [4.78, 5) is 32.4. The molecular weight excluding hydrogens is 359 g/mol. The highest BCUT2D eigenvalue weighted by Crippen LogP contribution is 2.25. The molecule has 1 saturated heterocycles. The van der Waals surface area contributed by atoms with E-state index in [0.717, 1.165) is 27.9 Å². The van der Waals surface area contributed by atoms with Crippen LogP contribution in [0, 0.1) is 12.7 Å². The zero-order valence-corrected chi connectivity index (χ0v) is 15.5. The van der Waals surface area contributed by atoms with Crippen molar-refractivity contribution in [3.05, 3.63) is 65.4 Å². The lowest BCUT2D eigenvalue weighted by molar-refractivity contribution is -0.136. The van der Waals surface area contributed by atoms with E-state index in [1.807, 2.05) is 19.1 Å². The number of nitrogens with zero attached hydrogens (tertiary/aromatic N) is 1. The van der Waals surface area contributed by atoms with E-state index in [-0.39, 0.29) is 17.6 Å². The van der Waals surface area contributed by atoms with E-state index in [1.54, 1.807) is 18.3 Å². The van der Waals surface area contributed by atoms with Crippen molar-refractivity contribution in [2.24, 2.45) is 0 Å². The molecule has 1 aliphatic heterocycles. The molecule has 2 atom stereocenters. The number of amides is 2. The Balaban J connectivity index is 1.43. The Morgan fingerprint density at radius 3 is 2.64 bits per heavy atom. The summed E-state index contributed by atoms with van der Waals surface area (Å²) >= 11 is 0. The van der Waals surface area contributed by atoms with Gasteiger partial charge in [-0.2, -0.15) is 0 Å². The quantitative estimate of drug-likeness (QED) is 0.634. The molecule has 0 saturated carbocycles. The van der Waals surface area contributed by atoms with E-state index in [4.69, 9.17) is 0 Å². The molecular formula is C21H21FN4O2. The van der Waals surface area contributed by atoms with Crippen molar-refractivity contribution in [3.8, 4) is 0 Å². The van der Waals surface area contributed by atoms with Crippen molar-refractivity contribution in [3.63, 3.8) is 0 Å². The van der Waals surface area contributed by atoms with Crippen LogP contribution in [0.15, 0.2) is 42.6 Å². The third-order valence-electron chi connectivity index (χ3n) is 5.17. The molecule has 7 heteroatoms. The number of nitrogens with one attached hydrogen (secondary N) is 3. The molecule has 0 aliphatic carbocycles. The van der Waals surface area contributed by atoms with Gasteiger partial charge in [-0.05, 0) is 55.7 Å². The third-order valence-corrected chi connectivity index (χ3v) is 5.17. The summed E-state index contributed by atoms with van der Waals surface area (Å²) < 4.78 is 13.6. The zero-order valence-electron chi connectivity index (χ0n) is 15.5. The largest absolute Gasteiger partial charge is 0.358 e. The maximum Gasteiger partial charge on any atom is 0.243 e. The van der Waals surface area contributed by atoms with Crippen LogP contribution in [0.5, 0.6) is 0 Å². The van der Waals surface area contributed by atoms with Gasteiger partial charge >= 0.3 is 0 Å². The highest BCUT2D eigenvalue weighted by molar-refractivity contribution is 5.97. The van der Waals surface area contributed by atoms with Gasteiger partial charge in [-0.25, -0.2) is 4.39 Å². The molecule has 0 radical (unpaired) electrons. The van der Waals surface area contributed by atoms with Crippen molar-refractivity contribution in [1.29, 1.82) is 0 Å². The number of carbonyl (C=O) groups excluding carboxylic acids is 2. The molecule has 28 heavy (non-hydrogen) atoms. The molecule has 2 aromatic heterocycles. The normalized spacial score (nSPS) is 19.5. The number of halogens is 1. The van der Waals surface area contributed by atoms with Gasteiger partial charge in [-0.15, -0.1) is 0 Å². The second-order valence-corrected chi connectivity index (χ2v) is 7.10. The lowest BCUT2D eigenvalue weighted by Crippen LogP contribution is -2.62. The Bertz CT molecular complexity index is 1030. The number of aryl methyl sites for hydroxylation is 2. The van der Waals surface area contributed by atoms with Crippen molar-refractivity contribution < 1.29 is 14.0 Å². The second kappa shape index (κ2) is 7.42. The van der Waals surface area contributed by atoms with Crippen LogP contribution >= 0.6 is 0 Å². The molecule has 1 fully saturated rings. The molecule has 0 spiro atoms. The summed E-state index contributed by atoms with van der Waals surface area (Å²) in [7, 11) is 0. The Hall–Kier alpha value is -3.22. The van der Waals surface area contributed by atoms with E-state index in [9.17, 15) is 14.0 Å². The predicted octanol–water partition coefficient (Wildman–Crippen LogP) is 2.17. The fraction of sp³-hybridized carbons (Fsp3) is 0.286. The lowest BCUT2D eigenvalue weighted by atomic mass is 9.98. The Kier molecular flexibility index (Phi) is 4.81. The maximum absolute atomic E-state index is 13.6. The lowest BCUT2D eigenvalue weighted by Gasteiger charge is -2.29. The minimum absolute atomic E-state index is 0.204.